The average Bonchev–Trinajstić information content (AvgIpc) is 3.37. The molecule has 0 radical (unpaired) electrons. The molecule has 12 heteroatoms. The standard InChI is InChI=1S/C16H15N5O4S3/c1-2-11-14(27-21-17-11)16(23)19-18-15(22)10-6-3-4-7-12(10)20-28(24,25)13-8-5-9-26-13/h3-9,20H,2H2,1H3,(H,18,22)(H,19,23). The number of amides is 2. The van der Waals surface area contributed by atoms with Gasteiger partial charge in [-0.2, -0.15) is 0 Å². The van der Waals surface area contributed by atoms with Crippen LogP contribution < -0.4 is 15.6 Å². The van der Waals surface area contributed by atoms with Crippen LogP contribution in [-0.2, 0) is 16.4 Å². The smallest absolute Gasteiger partial charge is 0.278 e. The fourth-order valence-corrected chi connectivity index (χ4v) is 4.95. The third kappa shape index (κ3) is 4.35. The first-order valence-electron chi connectivity index (χ1n) is 7.99. The summed E-state index contributed by atoms with van der Waals surface area (Å²) in [5, 5.41) is 5.48. The van der Waals surface area contributed by atoms with E-state index in [2.05, 4.69) is 25.2 Å². The lowest BCUT2D eigenvalue weighted by Crippen LogP contribution is -2.42. The van der Waals surface area contributed by atoms with Crippen molar-refractivity contribution >= 4 is 50.4 Å². The van der Waals surface area contributed by atoms with E-state index < -0.39 is 21.8 Å². The number of rotatable bonds is 6. The molecule has 0 unspecified atom stereocenters. The molecule has 0 aliphatic rings. The van der Waals surface area contributed by atoms with Crippen LogP contribution in [0.1, 0.15) is 32.6 Å². The molecule has 146 valence electrons. The summed E-state index contributed by atoms with van der Waals surface area (Å²) < 4.78 is 31.1. The highest BCUT2D eigenvalue weighted by Crippen LogP contribution is 2.22. The number of nitrogens with zero attached hydrogens (tertiary/aromatic N) is 2. The molecule has 1 aromatic carbocycles. The fourth-order valence-electron chi connectivity index (χ4n) is 2.23. The summed E-state index contributed by atoms with van der Waals surface area (Å²) in [4.78, 5) is 25.0. The second-order valence-corrected chi connectivity index (χ2v) is 9.00. The zero-order chi connectivity index (χ0) is 20.1. The Morgan fingerprint density at radius 3 is 2.54 bits per heavy atom. The Bertz CT molecular complexity index is 1090. The van der Waals surface area contributed by atoms with Gasteiger partial charge in [0.15, 0.2) is 0 Å². The summed E-state index contributed by atoms with van der Waals surface area (Å²) in [6, 6.07) is 9.17. The summed E-state index contributed by atoms with van der Waals surface area (Å²) in [6.07, 6.45) is 0.528. The number of carbonyl (C=O) groups excluding carboxylic acids is 2. The van der Waals surface area contributed by atoms with Crippen LogP contribution >= 0.6 is 22.9 Å². The van der Waals surface area contributed by atoms with E-state index in [1.165, 1.54) is 18.2 Å². The highest BCUT2D eigenvalue weighted by atomic mass is 32.2. The third-order valence-corrected chi connectivity index (χ3v) is 7.09. The van der Waals surface area contributed by atoms with Gasteiger partial charge in [0.25, 0.3) is 21.8 Å². The quantitative estimate of drug-likeness (QED) is 0.506. The number of sulfonamides is 1. The molecule has 0 saturated heterocycles. The monoisotopic (exact) mass is 437 g/mol. The summed E-state index contributed by atoms with van der Waals surface area (Å²) in [6.45, 7) is 1.84. The van der Waals surface area contributed by atoms with Crippen molar-refractivity contribution in [3.05, 3.63) is 57.9 Å². The predicted octanol–water partition coefficient (Wildman–Crippen LogP) is 2.04. The van der Waals surface area contributed by atoms with Crippen LogP contribution in [0, 0.1) is 0 Å². The zero-order valence-corrected chi connectivity index (χ0v) is 17.0. The molecule has 3 aromatic rings. The second kappa shape index (κ2) is 8.46. The van der Waals surface area contributed by atoms with Crippen LogP contribution in [0.15, 0.2) is 46.0 Å². The van der Waals surface area contributed by atoms with Crippen LogP contribution in [0.2, 0.25) is 0 Å². The molecule has 3 N–H and O–H groups in total. The lowest BCUT2D eigenvalue weighted by molar-refractivity contribution is 0.0848. The number of nitrogens with one attached hydrogen (secondary N) is 3. The normalized spacial score (nSPS) is 11.0. The summed E-state index contributed by atoms with van der Waals surface area (Å²) in [7, 11) is -3.82. The van der Waals surface area contributed by atoms with Gasteiger partial charge in [-0.25, -0.2) is 8.42 Å². The molecule has 0 aliphatic carbocycles. The van der Waals surface area contributed by atoms with Crippen LogP contribution in [0.5, 0.6) is 0 Å². The Balaban J connectivity index is 1.73. The Kier molecular flexibility index (Phi) is 6.02. The molecular formula is C16H15N5O4S3. The maximum atomic E-state index is 12.5. The number of aryl methyl sites for hydroxylation is 1. The van der Waals surface area contributed by atoms with E-state index in [4.69, 9.17) is 0 Å². The van der Waals surface area contributed by atoms with E-state index in [-0.39, 0.29) is 15.5 Å². The van der Waals surface area contributed by atoms with Crippen molar-refractivity contribution in [3.63, 3.8) is 0 Å². The van der Waals surface area contributed by atoms with Crippen molar-refractivity contribution < 1.29 is 18.0 Å². The topological polar surface area (TPSA) is 130 Å². The molecule has 2 aromatic heterocycles. The SMILES string of the molecule is CCc1nnsc1C(=O)NNC(=O)c1ccccc1NS(=O)(=O)c1cccs1. The Hall–Kier alpha value is -2.83. The van der Waals surface area contributed by atoms with Gasteiger partial charge in [-0.3, -0.25) is 25.2 Å². The molecule has 3 rings (SSSR count). The lowest BCUT2D eigenvalue weighted by Gasteiger charge is -2.12. The molecule has 2 amide bonds. The van der Waals surface area contributed by atoms with Gasteiger partial charge in [-0.05, 0) is 41.5 Å². The Morgan fingerprint density at radius 1 is 1.07 bits per heavy atom. The third-order valence-electron chi connectivity index (χ3n) is 3.56. The van der Waals surface area contributed by atoms with Crippen LogP contribution in [0.3, 0.4) is 0 Å². The van der Waals surface area contributed by atoms with E-state index in [0.717, 1.165) is 22.9 Å². The largest absolute Gasteiger partial charge is 0.283 e. The van der Waals surface area contributed by atoms with E-state index >= 15 is 0 Å². The number of anilines is 1. The van der Waals surface area contributed by atoms with Crippen molar-refractivity contribution in [1.29, 1.82) is 0 Å². The van der Waals surface area contributed by atoms with Gasteiger partial charge < -0.3 is 0 Å². The van der Waals surface area contributed by atoms with Crippen molar-refractivity contribution in [3.8, 4) is 0 Å². The number of benzene rings is 1. The van der Waals surface area contributed by atoms with Crippen LogP contribution in [0.4, 0.5) is 5.69 Å². The number of para-hydroxylation sites is 1. The Labute approximate surface area is 169 Å². The predicted molar refractivity (Wildman–Crippen MR) is 106 cm³/mol. The number of hydrazine groups is 1. The van der Waals surface area contributed by atoms with Gasteiger partial charge >= 0.3 is 0 Å². The molecule has 0 fully saturated rings. The highest BCUT2D eigenvalue weighted by Gasteiger charge is 2.20. The Morgan fingerprint density at radius 2 is 1.82 bits per heavy atom. The minimum Gasteiger partial charge on any atom is -0.278 e. The van der Waals surface area contributed by atoms with Crippen molar-refractivity contribution in [2.75, 3.05) is 4.72 Å². The highest BCUT2D eigenvalue weighted by molar-refractivity contribution is 7.94. The number of hydrogen-bond acceptors (Lipinski definition) is 8. The van der Waals surface area contributed by atoms with Gasteiger partial charge in [0.05, 0.1) is 16.9 Å². The van der Waals surface area contributed by atoms with Gasteiger partial charge in [-0.15, -0.1) is 16.4 Å². The van der Waals surface area contributed by atoms with Crippen LogP contribution in [-0.4, -0.2) is 29.8 Å². The first kappa shape index (κ1) is 19.9. The van der Waals surface area contributed by atoms with Crippen molar-refractivity contribution in [1.82, 2.24) is 20.4 Å². The number of thiophene rings is 1. The maximum absolute atomic E-state index is 12.5. The molecule has 0 aliphatic heterocycles. The van der Waals surface area contributed by atoms with Gasteiger partial charge in [0.2, 0.25) is 0 Å². The molecule has 9 nitrogen and oxygen atoms in total. The summed E-state index contributed by atoms with van der Waals surface area (Å²) in [5.74, 6) is -1.22. The van der Waals surface area contributed by atoms with E-state index in [1.54, 1.807) is 23.6 Å². The maximum Gasteiger partial charge on any atom is 0.283 e. The molecule has 0 bridgehead atoms. The number of aromatic nitrogens is 2. The van der Waals surface area contributed by atoms with E-state index in [9.17, 15) is 18.0 Å². The van der Waals surface area contributed by atoms with E-state index in [0.29, 0.717) is 17.0 Å². The minimum absolute atomic E-state index is 0.0566. The van der Waals surface area contributed by atoms with Gasteiger partial charge in [-0.1, -0.05) is 29.6 Å². The average molecular weight is 438 g/mol. The molecule has 2 heterocycles. The van der Waals surface area contributed by atoms with Crippen molar-refractivity contribution in [2.45, 2.75) is 17.6 Å². The molecular weight excluding hydrogens is 422 g/mol. The minimum atomic E-state index is -3.82. The fraction of sp³-hybridized carbons (Fsp3) is 0.125. The molecule has 0 saturated carbocycles. The second-order valence-electron chi connectivity index (χ2n) is 5.39. The number of carbonyl (C=O) groups is 2. The summed E-state index contributed by atoms with van der Waals surface area (Å²) in [5.41, 5.74) is 5.25. The van der Waals surface area contributed by atoms with E-state index in [1.807, 2.05) is 6.92 Å². The first-order chi connectivity index (χ1) is 13.4. The lowest BCUT2D eigenvalue weighted by atomic mass is 10.2. The molecule has 0 spiro atoms. The molecule has 28 heavy (non-hydrogen) atoms. The van der Waals surface area contributed by atoms with Gasteiger partial charge in [0.1, 0.15) is 9.09 Å². The molecule has 0 atom stereocenters. The zero-order valence-electron chi connectivity index (χ0n) is 14.5. The first-order valence-corrected chi connectivity index (χ1v) is 11.1. The van der Waals surface area contributed by atoms with Gasteiger partial charge in [0, 0.05) is 0 Å². The van der Waals surface area contributed by atoms with Crippen LogP contribution in [0.25, 0.3) is 0 Å². The summed E-state index contributed by atoms with van der Waals surface area (Å²) >= 11 is 1.98. The van der Waals surface area contributed by atoms with Crippen molar-refractivity contribution in [2.24, 2.45) is 0 Å². The number of hydrogen-bond donors (Lipinski definition) is 3.